The van der Waals surface area contributed by atoms with Gasteiger partial charge in [0.1, 0.15) is 17.6 Å². The van der Waals surface area contributed by atoms with Crippen LogP contribution < -0.4 is 10.1 Å². The Bertz CT molecular complexity index is 1300. The van der Waals surface area contributed by atoms with Crippen LogP contribution in [0.2, 0.25) is 0 Å². The molecule has 3 heterocycles. The van der Waals surface area contributed by atoms with Gasteiger partial charge < -0.3 is 14.6 Å². The van der Waals surface area contributed by atoms with Crippen molar-refractivity contribution in [2.75, 3.05) is 19.0 Å². The van der Waals surface area contributed by atoms with Crippen LogP contribution >= 0.6 is 0 Å². The second-order valence-electron chi connectivity index (χ2n) is 8.92. The number of aryl methyl sites for hydroxylation is 1. The van der Waals surface area contributed by atoms with Gasteiger partial charge in [0.05, 0.1) is 12.0 Å². The minimum absolute atomic E-state index is 0.148. The smallest absolute Gasteiger partial charge is 0.243 e. The van der Waals surface area contributed by atoms with Crippen LogP contribution in [-0.4, -0.2) is 53.1 Å². The van der Waals surface area contributed by atoms with E-state index in [4.69, 9.17) is 4.74 Å². The molecule has 1 aromatic heterocycles. The maximum absolute atomic E-state index is 13.2. The zero-order chi connectivity index (χ0) is 24.4. The van der Waals surface area contributed by atoms with E-state index in [1.165, 1.54) is 30.0 Å². The van der Waals surface area contributed by atoms with Crippen LogP contribution in [0.3, 0.4) is 0 Å². The predicted octanol–water partition coefficient (Wildman–Crippen LogP) is 3.47. The van der Waals surface area contributed by atoms with E-state index in [2.05, 4.69) is 20.1 Å². The molecule has 3 aromatic rings. The SMILES string of the molecule is COc1ccc(S(=O)(=O)N2CCCC2C(=O)Nc2ccc(-c3nnc4n3CCCCC4)cc2)cc1. The molecule has 0 aliphatic carbocycles. The Morgan fingerprint density at radius 2 is 1.74 bits per heavy atom. The second kappa shape index (κ2) is 9.79. The number of carbonyl (C=O) groups excluding carboxylic acids is 1. The minimum atomic E-state index is -3.80. The van der Waals surface area contributed by atoms with E-state index in [1.807, 2.05) is 24.3 Å². The Balaban J connectivity index is 1.30. The maximum Gasteiger partial charge on any atom is 0.243 e. The van der Waals surface area contributed by atoms with E-state index in [9.17, 15) is 13.2 Å². The molecule has 9 nitrogen and oxygen atoms in total. The molecule has 1 unspecified atom stereocenters. The third kappa shape index (κ3) is 4.68. The summed E-state index contributed by atoms with van der Waals surface area (Å²) in [4.78, 5) is 13.2. The molecule has 5 rings (SSSR count). The van der Waals surface area contributed by atoms with Gasteiger partial charge in [-0.05, 0) is 74.2 Å². The number of ether oxygens (including phenoxy) is 1. The fourth-order valence-corrected chi connectivity index (χ4v) is 6.46. The van der Waals surface area contributed by atoms with E-state index in [0.717, 1.165) is 43.0 Å². The van der Waals surface area contributed by atoms with E-state index in [-0.39, 0.29) is 10.8 Å². The molecule has 10 heteroatoms. The number of amides is 1. The van der Waals surface area contributed by atoms with Crippen LogP contribution in [0.1, 0.15) is 37.9 Å². The number of nitrogens with zero attached hydrogens (tertiary/aromatic N) is 4. The van der Waals surface area contributed by atoms with Gasteiger partial charge >= 0.3 is 0 Å². The van der Waals surface area contributed by atoms with Crippen LogP contribution in [0.25, 0.3) is 11.4 Å². The Hall–Kier alpha value is -3.24. The first-order valence-electron chi connectivity index (χ1n) is 12.0. The van der Waals surface area contributed by atoms with Crippen molar-refractivity contribution in [2.45, 2.75) is 56.0 Å². The summed E-state index contributed by atoms with van der Waals surface area (Å²) in [6, 6.07) is 12.9. The average Bonchev–Trinajstić information content (AvgIpc) is 3.47. The summed E-state index contributed by atoms with van der Waals surface area (Å²) in [7, 11) is -2.27. The third-order valence-electron chi connectivity index (χ3n) is 6.69. The van der Waals surface area contributed by atoms with Gasteiger partial charge in [0, 0.05) is 30.8 Å². The number of rotatable bonds is 6. The molecule has 1 amide bonds. The maximum atomic E-state index is 13.2. The van der Waals surface area contributed by atoms with E-state index in [0.29, 0.717) is 30.8 Å². The van der Waals surface area contributed by atoms with Crippen molar-refractivity contribution in [1.29, 1.82) is 0 Å². The molecule has 2 aromatic carbocycles. The Labute approximate surface area is 205 Å². The first-order valence-corrected chi connectivity index (χ1v) is 13.4. The quantitative estimate of drug-likeness (QED) is 0.561. The first kappa shape index (κ1) is 23.5. The summed E-state index contributed by atoms with van der Waals surface area (Å²) < 4.78 is 35.0. The number of methoxy groups -OCH3 is 1. The molecule has 1 N–H and O–H groups in total. The number of anilines is 1. The first-order chi connectivity index (χ1) is 17.0. The highest BCUT2D eigenvalue weighted by Gasteiger charge is 2.39. The predicted molar refractivity (Wildman–Crippen MR) is 132 cm³/mol. The second-order valence-corrected chi connectivity index (χ2v) is 10.8. The molecule has 2 aliphatic heterocycles. The molecule has 0 spiro atoms. The van der Waals surface area contributed by atoms with Crippen molar-refractivity contribution in [1.82, 2.24) is 19.1 Å². The van der Waals surface area contributed by atoms with Gasteiger partial charge in [-0.15, -0.1) is 10.2 Å². The largest absolute Gasteiger partial charge is 0.497 e. The van der Waals surface area contributed by atoms with Crippen LogP contribution in [0, 0.1) is 0 Å². The van der Waals surface area contributed by atoms with Crippen molar-refractivity contribution in [3.63, 3.8) is 0 Å². The Kier molecular flexibility index (Phi) is 6.57. The monoisotopic (exact) mass is 495 g/mol. The van der Waals surface area contributed by atoms with Gasteiger partial charge in [-0.3, -0.25) is 4.79 Å². The van der Waals surface area contributed by atoms with Crippen molar-refractivity contribution in [3.8, 4) is 17.1 Å². The standard InChI is InChI=1S/C25H29N5O4S/c1-34-20-12-14-21(15-13-20)35(32,33)30-17-5-6-22(30)25(31)26-19-10-8-18(9-11-19)24-28-27-23-7-3-2-4-16-29(23)24/h8-15,22H,2-7,16-17H2,1H3,(H,26,31). The van der Waals surface area contributed by atoms with Crippen molar-refractivity contribution in [2.24, 2.45) is 0 Å². The van der Waals surface area contributed by atoms with Crippen LogP contribution in [-0.2, 0) is 27.8 Å². The highest BCUT2D eigenvalue weighted by atomic mass is 32.2. The number of sulfonamides is 1. The molecule has 1 saturated heterocycles. The van der Waals surface area contributed by atoms with E-state index < -0.39 is 16.1 Å². The lowest BCUT2D eigenvalue weighted by molar-refractivity contribution is -0.119. The van der Waals surface area contributed by atoms with Gasteiger partial charge in [-0.2, -0.15) is 4.31 Å². The normalized spacial score (nSPS) is 18.6. The van der Waals surface area contributed by atoms with Crippen molar-refractivity contribution in [3.05, 3.63) is 54.4 Å². The summed E-state index contributed by atoms with van der Waals surface area (Å²) in [6.07, 6.45) is 5.49. The Morgan fingerprint density at radius 1 is 0.971 bits per heavy atom. The number of nitrogens with one attached hydrogen (secondary N) is 1. The minimum Gasteiger partial charge on any atom is -0.497 e. The zero-order valence-electron chi connectivity index (χ0n) is 19.7. The molecule has 184 valence electrons. The van der Waals surface area contributed by atoms with Gasteiger partial charge in [-0.1, -0.05) is 6.42 Å². The molecule has 1 fully saturated rings. The summed E-state index contributed by atoms with van der Waals surface area (Å²) in [5.74, 6) is 2.11. The lowest BCUT2D eigenvalue weighted by Gasteiger charge is -2.23. The Morgan fingerprint density at radius 3 is 2.49 bits per heavy atom. The number of hydrogen-bond donors (Lipinski definition) is 1. The van der Waals surface area contributed by atoms with Crippen molar-refractivity contribution < 1.29 is 17.9 Å². The lowest BCUT2D eigenvalue weighted by Crippen LogP contribution is -2.43. The molecule has 0 radical (unpaired) electrons. The highest BCUT2D eigenvalue weighted by molar-refractivity contribution is 7.89. The fourth-order valence-electron chi connectivity index (χ4n) is 4.80. The van der Waals surface area contributed by atoms with Crippen LogP contribution in [0.15, 0.2) is 53.4 Å². The van der Waals surface area contributed by atoms with Gasteiger partial charge in [0.2, 0.25) is 15.9 Å². The van der Waals surface area contributed by atoms with Gasteiger partial charge in [0.25, 0.3) is 0 Å². The number of hydrogen-bond acceptors (Lipinski definition) is 6. The molecular formula is C25H29N5O4S. The highest BCUT2D eigenvalue weighted by Crippen LogP contribution is 2.29. The van der Waals surface area contributed by atoms with Crippen LogP contribution in [0.4, 0.5) is 5.69 Å². The van der Waals surface area contributed by atoms with E-state index in [1.54, 1.807) is 12.1 Å². The van der Waals surface area contributed by atoms with Gasteiger partial charge in [-0.25, -0.2) is 8.42 Å². The molecule has 1 atom stereocenters. The molecule has 2 aliphatic rings. The topological polar surface area (TPSA) is 106 Å². The summed E-state index contributed by atoms with van der Waals surface area (Å²) in [6.45, 7) is 1.22. The number of benzene rings is 2. The summed E-state index contributed by atoms with van der Waals surface area (Å²) >= 11 is 0. The van der Waals surface area contributed by atoms with Gasteiger partial charge in [0.15, 0.2) is 5.82 Å². The summed E-state index contributed by atoms with van der Waals surface area (Å²) in [5, 5.41) is 11.6. The fraction of sp³-hybridized carbons (Fsp3) is 0.400. The number of fused-ring (bicyclic) bond motifs is 1. The molecule has 0 saturated carbocycles. The molecular weight excluding hydrogens is 466 g/mol. The van der Waals surface area contributed by atoms with E-state index >= 15 is 0 Å². The molecule has 0 bridgehead atoms. The average molecular weight is 496 g/mol. The number of carbonyl (C=O) groups is 1. The third-order valence-corrected chi connectivity index (χ3v) is 8.61. The number of aromatic nitrogens is 3. The molecule has 35 heavy (non-hydrogen) atoms. The zero-order valence-corrected chi connectivity index (χ0v) is 20.5. The van der Waals surface area contributed by atoms with Crippen molar-refractivity contribution >= 4 is 21.6 Å². The lowest BCUT2D eigenvalue weighted by atomic mass is 10.1. The summed E-state index contributed by atoms with van der Waals surface area (Å²) in [5.41, 5.74) is 1.55. The van der Waals surface area contributed by atoms with Crippen LogP contribution in [0.5, 0.6) is 5.75 Å².